The second-order valence-electron chi connectivity index (χ2n) is 6.02. The molecule has 0 saturated heterocycles. The highest BCUT2D eigenvalue weighted by atomic mass is 32.1. The van der Waals surface area contributed by atoms with Gasteiger partial charge in [-0.25, -0.2) is 4.98 Å². The monoisotopic (exact) mass is 406 g/mol. The van der Waals surface area contributed by atoms with Gasteiger partial charge in [-0.1, -0.05) is 24.3 Å². The fourth-order valence-electron chi connectivity index (χ4n) is 2.50. The zero-order valence-electron chi connectivity index (χ0n) is 14.9. The van der Waals surface area contributed by atoms with Gasteiger partial charge in [0.2, 0.25) is 0 Å². The van der Waals surface area contributed by atoms with Gasteiger partial charge < -0.3 is 10.1 Å². The quantitative estimate of drug-likeness (QED) is 0.628. The minimum absolute atomic E-state index is 0.108. The van der Waals surface area contributed by atoms with E-state index >= 15 is 0 Å². The van der Waals surface area contributed by atoms with Crippen LogP contribution >= 0.6 is 11.3 Å². The second kappa shape index (κ2) is 8.43. The maximum Gasteiger partial charge on any atom is 0.416 e. The molecule has 1 heterocycles. The van der Waals surface area contributed by atoms with Crippen LogP contribution in [0.5, 0.6) is 5.75 Å². The van der Waals surface area contributed by atoms with E-state index in [1.165, 1.54) is 23.5 Å². The van der Waals surface area contributed by atoms with Crippen molar-refractivity contribution in [2.24, 2.45) is 0 Å². The molecule has 1 aromatic heterocycles. The lowest BCUT2D eigenvalue weighted by Gasteiger charge is -2.12. The summed E-state index contributed by atoms with van der Waals surface area (Å²) in [5.74, 6) is 0.0445. The van der Waals surface area contributed by atoms with E-state index in [0.717, 1.165) is 22.8 Å². The molecule has 0 saturated carbocycles. The van der Waals surface area contributed by atoms with Crippen molar-refractivity contribution in [2.45, 2.75) is 26.3 Å². The number of aryl methyl sites for hydroxylation is 1. The lowest BCUT2D eigenvalue weighted by molar-refractivity contribution is -0.137. The van der Waals surface area contributed by atoms with E-state index in [4.69, 9.17) is 4.74 Å². The molecular weight excluding hydrogens is 389 g/mol. The number of thiazole rings is 1. The highest BCUT2D eigenvalue weighted by Crippen LogP contribution is 2.29. The summed E-state index contributed by atoms with van der Waals surface area (Å²) in [6.45, 7) is 2.25. The molecule has 0 atom stereocenters. The lowest BCUT2D eigenvalue weighted by Crippen LogP contribution is -2.23. The summed E-state index contributed by atoms with van der Waals surface area (Å²) in [5, 5.41) is 5.53. The van der Waals surface area contributed by atoms with Gasteiger partial charge >= 0.3 is 6.18 Å². The molecule has 3 rings (SSSR count). The fraction of sp³-hybridized carbons (Fsp3) is 0.200. The van der Waals surface area contributed by atoms with Gasteiger partial charge in [-0.3, -0.25) is 4.79 Å². The Morgan fingerprint density at radius 1 is 1.14 bits per heavy atom. The van der Waals surface area contributed by atoms with E-state index in [-0.39, 0.29) is 19.1 Å². The molecule has 0 radical (unpaired) electrons. The van der Waals surface area contributed by atoms with Gasteiger partial charge in [0.25, 0.3) is 5.91 Å². The van der Waals surface area contributed by atoms with Crippen LogP contribution in [0.4, 0.5) is 13.2 Å². The van der Waals surface area contributed by atoms with Crippen LogP contribution in [0.25, 0.3) is 0 Å². The third kappa shape index (κ3) is 5.10. The highest BCUT2D eigenvalue weighted by molar-refractivity contribution is 7.09. The SMILES string of the molecule is Cc1nc(COc2ccccc2C(=O)NCc2ccc(C(F)(F)F)cc2)cs1. The van der Waals surface area contributed by atoms with Gasteiger partial charge in [0.1, 0.15) is 12.4 Å². The number of nitrogens with zero attached hydrogens (tertiary/aromatic N) is 1. The number of amides is 1. The van der Waals surface area contributed by atoms with Gasteiger partial charge in [-0.05, 0) is 36.8 Å². The number of ether oxygens (including phenoxy) is 1. The summed E-state index contributed by atoms with van der Waals surface area (Å²) in [6, 6.07) is 11.5. The largest absolute Gasteiger partial charge is 0.486 e. The number of benzene rings is 2. The molecule has 0 fully saturated rings. The summed E-state index contributed by atoms with van der Waals surface area (Å²) < 4.78 is 43.5. The number of hydrogen-bond donors (Lipinski definition) is 1. The predicted molar refractivity (Wildman–Crippen MR) is 100 cm³/mol. The van der Waals surface area contributed by atoms with E-state index in [1.54, 1.807) is 24.3 Å². The van der Waals surface area contributed by atoms with Crippen molar-refractivity contribution in [3.8, 4) is 5.75 Å². The van der Waals surface area contributed by atoms with Crippen LogP contribution in [0.1, 0.15) is 32.2 Å². The molecule has 146 valence electrons. The van der Waals surface area contributed by atoms with Crippen LogP contribution in [0, 0.1) is 6.92 Å². The maximum absolute atomic E-state index is 12.6. The summed E-state index contributed by atoms with van der Waals surface area (Å²) in [6.07, 6.45) is -4.38. The third-order valence-electron chi connectivity index (χ3n) is 3.91. The molecule has 2 aromatic carbocycles. The number of carbonyl (C=O) groups excluding carboxylic acids is 1. The summed E-state index contributed by atoms with van der Waals surface area (Å²) >= 11 is 1.52. The molecule has 4 nitrogen and oxygen atoms in total. The Morgan fingerprint density at radius 3 is 2.50 bits per heavy atom. The number of para-hydroxylation sites is 1. The topological polar surface area (TPSA) is 51.2 Å². The van der Waals surface area contributed by atoms with Gasteiger partial charge in [-0.15, -0.1) is 11.3 Å². The van der Waals surface area contributed by atoms with Crippen molar-refractivity contribution < 1.29 is 22.7 Å². The number of alkyl halides is 3. The van der Waals surface area contributed by atoms with Gasteiger partial charge in [0.15, 0.2) is 0 Å². The van der Waals surface area contributed by atoms with Gasteiger partial charge in [0, 0.05) is 11.9 Å². The molecule has 0 bridgehead atoms. The smallest absolute Gasteiger partial charge is 0.416 e. The third-order valence-corrected chi connectivity index (χ3v) is 4.73. The highest BCUT2D eigenvalue weighted by Gasteiger charge is 2.29. The Hall–Kier alpha value is -2.87. The molecule has 28 heavy (non-hydrogen) atoms. The van der Waals surface area contributed by atoms with Crippen molar-refractivity contribution in [2.75, 3.05) is 0 Å². The molecule has 0 aliphatic carbocycles. The van der Waals surface area contributed by atoms with Crippen LogP contribution in [0.3, 0.4) is 0 Å². The van der Waals surface area contributed by atoms with E-state index in [9.17, 15) is 18.0 Å². The van der Waals surface area contributed by atoms with E-state index in [2.05, 4.69) is 10.3 Å². The Kier molecular flexibility index (Phi) is 5.99. The lowest BCUT2D eigenvalue weighted by atomic mass is 10.1. The van der Waals surface area contributed by atoms with E-state index in [0.29, 0.717) is 16.9 Å². The first-order chi connectivity index (χ1) is 13.3. The van der Waals surface area contributed by atoms with Crippen molar-refractivity contribution in [3.05, 3.63) is 81.3 Å². The predicted octanol–water partition coefficient (Wildman–Crippen LogP) is 4.98. The first-order valence-corrected chi connectivity index (χ1v) is 9.28. The molecule has 8 heteroatoms. The Labute approximate surface area is 164 Å². The minimum atomic E-state index is -4.38. The zero-order valence-corrected chi connectivity index (χ0v) is 15.7. The average molecular weight is 406 g/mol. The minimum Gasteiger partial charge on any atom is -0.486 e. The van der Waals surface area contributed by atoms with Crippen molar-refractivity contribution in [1.29, 1.82) is 0 Å². The molecule has 0 aliphatic heterocycles. The van der Waals surface area contributed by atoms with Crippen LogP contribution in [-0.4, -0.2) is 10.9 Å². The Morgan fingerprint density at radius 2 is 1.86 bits per heavy atom. The number of carbonyl (C=O) groups is 1. The molecule has 0 aliphatic rings. The summed E-state index contributed by atoms with van der Waals surface area (Å²) in [5.41, 5.74) is 0.972. The van der Waals surface area contributed by atoms with Gasteiger partial charge in [-0.2, -0.15) is 13.2 Å². The van der Waals surface area contributed by atoms with E-state index in [1.807, 2.05) is 12.3 Å². The normalized spacial score (nSPS) is 11.3. The summed E-state index contributed by atoms with van der Waals surface area (Å²) in [4.78, 5) is 16.8. The molecular formula is C20H17F3N2O2S. The molecule has 3 aromatic rings. The van der Waals surface area contributed by atoms with Crippen molar-refractivity contribution >= 4 is 17.2 Å². The van der Waals surface area contributed by atoms with Crippen LogP contribution in [0.2, 0.25) is 0 Å². The van der Waals surface area contributed by atoms with Gasteiger partial charge in [0.05, 0.1) is 21.8 Å². The first kappa shape index (κ1) is 19.9. The van der Waals surface area contributed by atoms with E-state index < -0.39 is 11.7 Å². The van der Waals surface area contributed by atoms with Crippen molar-refractivity contribution in [1.82, 2.24) is 10.3 Å². The molecule has 1 N–H and O–H groups in total. The number of nitrogens with one attached hydrogen (secondary N) is 1. The molecule has 0 spiro atoms. The number of hydrogen-bond acceptors (Lipinski definition) is 4. The average Bonchev–Trinajstić information content (AvgIpc) is 3.09. The summed E-state index contributed by atoms with van der Waals surface area (Å²) in [7, 11) is 0. The Bertz CT molecular complexity index is 953. The second-order valence-corrected chi connectivity index (χ2v) is 7.08. The fourth-order valence-corrected chi connectivity index (χ4v) is 3.09. The zero-order chi connectivity index (χ0) is 20.1. The number of aromatic nitrogens is 1. The van der Waals surface area contributed by atoms with Crippen molar-refractivity contribution in [3.63, 3.8) is 0 Å². The number of rotatable bonds is 6. The number of halogens is 3. The maximum atomic E-state index is 12.6. The van der Waals surface area contributed by atoms with Crippen LogP contribution in [0.15, 0.2) is 53.9 Å². The Balaban J connectivity index is 1.62. The van der Waals surface area contributed by atoms with Crippen LogP contribution < -0.4 is 10.1 Å². The van der Waals surface area contributed by atoms with Crippen LogP contribution in [-0.2, 0) is 19.3 Å². The standard InChI is InChI=1S/C20H17F3N2O2S/c1-13-25-16(12-28-13)11-27-18-5-3-2-4-17(18)19(26)24-10-14-6-8-15(9-7-14)20(21,22)23/h2-9,12H,10-11H2,1H3,(H,24,26). The first-order valence-electron chi connectivity index (χ1n) is 8.40. The molecule has 1 amide bonds. The molecule has 0 unspecified atom stereocenters.